The van der Waals surface area contributed by atoms with Gasteiger partial charge < -0.3 is 19.7 Å². The number of ether oxygens (including phenoxy) is 2. The number of nitrogens with one attached hydrogen (secondary N) is 1. The Hall–Kier alpha value is -2.50. The van der Waals surface area contributed by atoms with Crippen molar-refractivity contribution in [1.29, 1.82) is 0 Å². The van der Waals surface area contributed by atoms with Crippen molar-refractivity contribution in [2.75, 3.05) is 27.3 Å². The maximum atomic E-state index is 11.7. The molecule has 0 saturated heterocycles. The normalized spacial score (nSPS) is 9.77. The van der Waals surface area contributed by atoms with E-state index >= 15 is 0 Å². The largest absolute Gasteiger partial charge is 0.493 e. The zero-order valence-corrected chi connectivity index (χ0v) is 13.2. The zero-order valence-electron chi connectivity index (χ0n) is 13.2. The van der Waals surface area contributed by atoms with Crippen molar-refractivity contribution in [3.8, 4) is 11.5 Å². The van der Waals surface area contributed by atoms with Gasteiger partial charge >= 0.3 is 0 Å². The highest BCUT2D eigenvalue weighted by atomic mass is 16.5. The van der Waals surface area contributed by atoms with Gasteiger partial charge in [0, 0.05) is 20.0 Å². The monoisotopic (exact) mass is 306 g/mol. The van der Waals surface area contributed by atoms with Crippen LogP contribution in [0.15, 0.2) is 30.9 Å². The molecule has 120 valence electrons. The lowest BCUT2D eigenvalue weighted by Gasteiger charge is -2.21. The van der Waals surface area contributed by atoms with Crippen LogP contribution >= 0.6 is 0 Å². The number of rotatable bonds is 8. The lowest BCUT2D eigenvalue weighted by atomic mass is 10.2. The predicted molar refractivity (Wildman–Crippen MR) is 83.8 cm³/mol. The van der Waals surface area contributed by atoms with Crippen LogP contribution < -0.4 is 14.8 Å². The molecule has 0 aliphatic rings. The van der Waals surface area contributed by atoms with Gasteiger partial charge in [-0.3, -0.25) is 9.59 Å². The molecule has 6 heteroatoms. The first-order chi connectivity index (χ1) is 10.5. The fraction of sp³-hybridized carbons (Fsp3) is 0.375. The average molecular weight is 306 g/mol. The minimum Gasteiger partial charge on any atom is -0.493 e. The number of amides is 2. The fourth-order valence-electron chi connectivity index (χ4n) is 1.89. The molecule has 0 atom stereocenters. The van der Waals surface area contributed by atoms with Gasteiger partial charge in [-0.25, -0.2) is 0 Å². The van der Waals surface area contributed by atoms with E-state index in [1.54, 1.807) is 32.4 Å². The van der Waals surface area contributed by atoms with Crippen LogP contribution in [0.5, 0.6) is 11.5 Å². The van der Waals surface area contributed by atoms with Crippen molar-refractivity contribution in [3.63, 3.8) is 0 Å². The highest BCUT2D eigenvalue weighted by molar-refractivity contribution is 5.83. The van der Waals surface area contributed by atoms with Crippen molar-refractivity contribution >= 4 is 11.8 Å². The van der Waals surface area contributed by atoms with E-state index in [2.05, 4.69) is 11.9 Å². The summed E-state index contributed by atoms with van der Waals surface area (Å²) in [5.74, 6) is 0.795. The van der Waals surface area contributed by atoms with Crippen LogP contribution in [0.3, 0.4) is 0 Å². The molecular formula is C16H22N2O4. The SMILES string of the molecule is C=CCNC(=O)CN(Cc1ccc(OC)c(OC)c1)C(C)=O. The molecule has 0 heterocycles. The molecule has 22 heavy (non-hydrogen) atoms. The number of hydrogen-bond donors (Lipinski definition) is 1. The van der Waals surface area contributed by atoms with Gasteiger partial charge in [-0.2, -0.15) is 0 Å². The Kier molecular flexibility index (Phi) is 6.95. The second kappa shape index (κ2) is 8.71. The molecule has 0 aliphatic heterocycles. The minimum absolute atomic E-state index is 0.00246. The molecule has 0 aliphatic carbocycles. The molecule has 6 nitrogen and oxygen atoms in total. The summed E-state index contributed by atoms with van der Waals surface area (Å²) in [5.41, 5.74) is 0.851. The Labute approximate surface area is 130 Å². The number of carbonyl (C=O) groups excluding carboxylic acids is 2. The summed E-state index contributed by atoms with van der Waals surface area (Å²) in [6.07, 6.45) is 1.59. The molecule has 1 rings (SSSR count). The van der Waals surface area contributed by atoms with E-state index in [9.17, 15) is 9.59 Å². The number of carbonyl (C=O) groups is 2. The van der Waals surface area contributed by atoms with Crippen LogP contribution in [0.1, 0.15) is 12.5 Å². The molecule has 0 aromatic heterocycles. The van der Waals surface area contributed by atoms with E-state index in [1.165, 1.54) is 11.8 Å². The summed E-state index contributed by atoms with van der Waals surface area (Å²) >= 11 is 0. The minimum atomic E-state index is -0.226. The maximum absolute atomic E-state index is 11.7. The summed E-state index contributed by atoms with van der Waals surface area (Å²) in [6, 6.07) is 5.39. The van der Waals surface area contributed by atoms with Gasteiger partial charge in [0.1, 0.15) is 0 Å². The third-order valence-corrected chi connectivity index (χ3v) is 3.04. The third-order valence-electron chi connectivity index (χ3n) is 3.04. The van der Waals surface area contributed by atoms with Crippen molar-refractivity contribution < 1.29 is 19.1 Å². The summed E-state index contributed by atoms with van der Waals surface area (Å²) in [7, 11) is 3.11. The quantitative estimate of drug-likeness (QED) is 0.736. The average Bonchev–Trinajstić information content (AvgIpc) is 2.51. The molecule has 1 aromatic rings. The highest BCUT2D eigenvalue weighted by Gasteiger charge is 2.15. The van der Waals surface area contributed by atoms with Gasteiger partial charge in [0.15, 0.2) is 11.5 Å². The number of benzene rings is 1. The van der Waals surface area contributed by atoms with E-state index in [0.717, 1.165) is 5.56 Å². The van der Waals surface area contributed by atoms with E-state index in [1.807, 2.05) is 6.07 Å². The van der Waals surface area contributed by atoms with Gasteiger partial charge in [-0.05, 0) is 17.7 Å². The van der Waals surface area contributed by atoms with Crippen molar-refractivity contribution in [2.24, 2.45) is 0 Å². The van der Waals surface area contributed by atoms with E-state index in [0.29, 0.717) is 24.6 Å². The number of hydrogen-bond acceptors (Lipinski definition) is 4. The van der Waals surface area contributed by atoms with Crippen LogP contribution in [-0.2, 0) is 16.1 Å². The Balaban J connectivity index is 2.80. The lowest BCUT2D eigenvalue weighted by Crippen LogP contribution is -2.39. The van der Waals surface area contributed by atoms with Gasteiger partial charge in [0.25, 0.3) is 0 Å². The smallest absolute Gasteiger partial charge is 0.239 e. The van der Waals surface area contributed by atoms with Crippen LogP contribution in [-0.4, -0.2) is 44.0 Å². The molecule has 0 spiro atoms. The van der Waals surface area contributed by atoms with Gasteiger partial charge in [-0.15, -0.1) is 6.58 Å². The van der Waals surface area contributed by atoms with E-state index in [-0.39, 0.29) is 18.4 Å². The molecule has 0 saturated carbocycles. The van der Waals surface area contributed by atoms with Gasteiger partial charge in [0.05, 0.1) is 20.8 Å². The van der Waals surface area contributed by atoms with E-state index in [4.69, 9.17) is 9.47 Å². The van der Waals surface area contributed by atoms with Crippen LogP contribution in [0.2, 0.25) is 0 Å². The van der Waals surface area contributed by atoms with Crippen molar-refractivity contribution in [1.82, 2.24) is 10.2 Å². The molecule has 0 radical (unpaired) electrons. The Morgan fingerprint density at radius 2 is 1.95 bits per heavy atom. The zero-order chi connectivity index (χ0) is 16.5. The third kappa shape index (κ3) is 5.12. The molecule has 0 fully saturated rings. The molecule has 0 bridgehead atoms. The first-order valence-corrected chi connectivity index (χ1v) is 6.85. The van der Waals surface area contributed by atoms with Crippen molar-refractivity contribution in [3.05, 3.63) is 36.4 Å². The topological polar surface area (TPSA) is 67.9 Å². The maximum Gasteiger partial charge on any atom is 0.239 e. The lowest BCUT2D eigenvalue weighted by molar-refractivity contribution is -0.134. The van der Waals surface area contributed by atoms with E-state index < -0.39 is 0 Å². The first-order valence-electron chi connectivity index (χ1n) is 6.85. The number of methoxy groups -OCH3 is 2. The summed E-state index contributed by atoms with van der Waals surface area (Å²) in [6.45, 7) is 5.65. The van der Waals surface area contributed by atoms with Gasteiger partial charge in [-0.1, -0.05) is 12.1 Å². The Morgan fingerprint density at radius 3 is 2.50 bits per heavy atom. The summed E-state index contributed by atoms with van der Waals surface area (Å²) in [5, 5.41) is 2.65. The van der Waals surface area contributed by atoms with Crippen LogP contribution in [0.25, 0.3) is 0 Å². The summed E-state index contributed by atoms with van der Waals surface area (Å²) < 4.78 is 10.4. The van der Waals surface area contributed by atoms with Gasteiger partial charge in [0.2, 0.25) is 11.8 Å². The predicted octanol–water partition coefficient (Wildman–Crippen LogP) is 1.35. The standard InChI is InChI=1S/C16H22N2O4/c1-5-8-17-16(20)11-18(12(2)19)10-13-6-7-14(21-3)15(9-13)22-4/h5-7,9H,1,8,10-11H2,2-4H3,(H,17,20). The molecule has 1 aromatic carbocycles. The van der Waals surface area contributed by atoms with Crippen LogP contribution in [0.4, 0.5) is 0 Å². The Morgan fingerprint density at radius 1 is 1.27 bits per heavy atom. The highest BCUT2D eigenvalue weighted by Crippen LogP contribution is 2.28. The molecule has 0 unspecified atom stereocenters. The second-order valence-corrected chi connectivity index (χ2v) is 4.66. The fourth-order valence-corrected chi connectivity index (χ4v) is 1.89. The number of nitrogens with zero attached hydrogens (tertiary/aromatic N) is 1. The molecule has 1 N–H and O–H groups in total. The molecule has 2 amide bonds. The second-order valence-electron chi connectivity index (χ2n) is 4.66. The first kappa shape index (κ1) is 17.6. The van der Waals surface area contributed by atoms with Crippen LogP contribution in [0, 0.1) is 0 Å². The van der Waals surface area contributed by atoms with Crippen molar-refractivity contribution in [2.45, 2.75) is 13.5 Å². The Bertz CT molecular complexity index is 543. The molecular weight excluding hydrogens is 284 g/mol. The summed E-state index contributed by atoms with van der Waals surface area (Å²) in [4.78, 5) is 24.9.